The van der Waals surface area contributed by atoms with Crippen LogP contribution in [0.25, 0.3) is 0 Å². The predicted octanol–water partition coefficient (Wildman–Crippen LogP) is 1.10. The quantitative estimate of drug-likeness (QED) is 0.801. The van der Waals surface area contributed by atoms with Crippen LogP contribution in [-0.4, -0.2) is 25.3 Å². The molecule has 0 fully saturated rings. The molecule has 0 saturated heterocycles. The summed E-state index contributed by atoms with van der Waals surface area (Å²) in [5, 5.41) is 8.85. The third-order valence-corrected chi connectivity index (χ3v) is 2.44. The molecule has 1 aromatic rings. The number of hydrogen-bond donors (Lipinski definition) is 2. The Balaban J connectivity index is 3.29. The number of hydrogen-bond acceptors (Lipinski definition) is 4. The number of nitrogens with two attached hydrogens (primary N) is 1. The number of ether oxygens (including phenoxy) is 2. The lowest BCUT2D eigenvalue weighted by Crippen LogP contribution is -2.21. The van der Waals surface area contributed by atoms with Gasteiger partial charge in [-0.15, -0.1) is 0 Å². The van der Waals surface area contributed by atoms with Gasteiger partial charge in [0.2, 0.25) is 0 Å². The second-order valence-corrected chi connectivity index (χ2v) is 3.33. The van der Waals surface area contributed by atoms with Crippen molar-refractivity contribution in [2.45, 2.75) is 13.0 Å². The molecule has 0 aliphatic rings. The van der Waals surface area contributed by atoms with Gasteiger partial charge in [-0.2, -0.15) is 0 Å². The van der Waals surface area contributed by atoms with E-state index in [0.717, 1.165) is 0 Å². The number of methoxy groups -OCH3 is 2. The van der Waals surface area contributed by atoms with Crippen LogP contribution >= 0.6 is 0 Å². The third-order valence-electron chi connectivity index (χ3n) is 2.44. The SMILES string of the molecule is COc1ccc(C(N)C(=O)O)c(C)c1OC. The molecule has 0 aromatic heterocycles. The van der Waals surface area contributed by atoms with Crippen molar-refractivity contribution in [1.82, 2.24) is 0 Å². The minimum atomic E-state index is -1.07. The van der Waals surface area contributed by atoms with Crippen LogP contribution in [0.15, 0.2) is 12.1 Å². The van der Waals surface area contributed by atoms with Crippen molar-refractivity contribution in [2.24, 2.45) is 5.73 Å². The van der Waals surface area contributed by atoms with Crippen LogP contribution in [0.3, 0.4) is 0 Å². The summed E-state index contributed by atoms with van der Waals surface area (Å²) in [6, 6.07) is 2.22. The molecule has 1 atom stereocenters. The van der Waals surface area contributed by atoms with Gasteiger partial charge in [-0.1, -0.05) is 6.07 Å². The Hall–Kier alpha value is -1.75. The number of aliphatic carboxylic acids is 1. The lowest BCUT2D eigenvalue weighted by Gasteiger charge is -2.16. The second kappa shape index (κ2) is 4.85. The van der Waals surface area contributed by atoms with E-state index >= 15 is 0 Å². The van der Waals surface area contributed by atoms with Gasteiger partial charge in [0.05, 0.1) is 14.2 Å². The van der Waals surface area contributed by atoms with Gasteiger partial charge in [0, 0.05) is 5.56 Å². The predicted molar refractivity (Wildman–Crippen MR) is 58.8 cm³/mol. The number of carboxylic acids is 1. The fourth-order valence-electron chi connectivity index (χ4n) is 1.57. The number of benzene rings is 1. The summed E-state index contributed by atoms with van der Waals surface area (Å²) in [7, 11) is 3.02. The molecule has 5 nitrogen and oxygen atoms in total. The highest BCUT2D eigenvalue weighted by atomic mass is 16.5. The summed E-state index contributed by atoms with van der Waals surface area (Å²) < 4.78 is 10.3. The van der Waals surface area contributed by atoms with E-state index in [1.54, 1.807) is 19.1 Å². The van der Waals surface area contributed by atoms with E-state index in [1.165, 1.54) is 14.2 Å². The number of carboxylic acid groups (broad SMARTS) is 1. The Morgan fingerprint density at radius 3 is 2.44 bits per heavy atom. The molecule has 0 saturated carbocycles. The Morgan fingerprint density at radius 2 is 2.00 bits per heavy atom. The van der Waals surface area contributed by atoms with E-state index in [4.69, 9.17) is 20.3 Å². The van der Waals surface area contributed by atoms with Crippen LogP contribution in [-0.2, 0) is 4.79 Å². The maximum absolute atomic E-state index is 10.8. The smallest absolute Gasteiger partial charge is 0.325 e. The van der Waals surface area contributed by atoms with Crippen LogP contribution in [0.2, 0.25) is 0 Å². The second-order valence-electron chi connectivity index (χ2n) is 3.33. The summed E-state index contributed by atoms with van der Waals surface area (Å²) in [6.45, 7) is 1.75. The number of rotatable bonds is 4. The van der Waals surface area contributed by atoms with E-state index < -0.39 is 12.0 Å². The van der Waals surface area contributed by atoms with Gasteiger partial charge in [-0.05, 0) is 18.6 Å². The van der Waals surface area contributed by atoms with Crippen molar-refractivity contribution < 1.29 is 19.4 Å². The van der Waals surface area contributed by atoms with Crippen molar-refractivity contribution in [3.05, 3.63) is 23.3 Å². The molecule has 88 valence electrons. The van der Waals surface area contributed by atoms with Gasteiger partial charge in [-0.25, -0.2) is 0 Å². The van der Waals surface area contributed by atoms with E-state index in [1.807, 2.05) is 0 Å². The highest BCUT2D eigenvalue weighted by molar-refractivity contribution is 5.76. The molecule has 0 amide bonds. The van der Waals surface area contributed by atoms with Gasteiger partial charge >= 0.3 is 5.97 Å². The number of carbonyl (C=O) groups is 1. The molecule has 3 N–H and O–H groups in total. The first-order valence-electron chi connectivity index (χ1n) is 4.72. The first-order chi connectivity index (χ1) is 7.52. The molecule has 0 bridgehead atoms. The van der Waals surface area contributed by atoms with E-state index in [9.17, 15) is 4.79 Å². The Kier molecular flexibility index (Phi) is 3.73. The van der Waals surface area contributed by atoms with Gasteiger partial charge in [0.15, 0.2) is 11.5 Å². The minimum absolute atomic E-state index is 0.511. The van der Waals surface area contributed by atoms with Gasteiger partial charge < -0.3 is 20.3 Å². The van der Waals surface area contributed by atoms with Crippen LogP contribution in [0.4, 0.5) is 0 Å². The summed E-state index contributed by atoms with van der Waals surface area (Å²) in [6.07, 6.45) is 0. The molecule has 5 heteroatoms. The maximum Gasteiger partial charge on any atom is 0.325 e. The molecular weight excluding hydrogens is 210 g/mol. The molecule has 0 spiro atoms. The van der Waals surface area contributed by atoms with Gasteiger partial charge in [0.25, 0.3) is 0 Å². The molecule has 1 aromatic carbocycles. The van der Waals surface area contributed by atoms with E-state index in [2.05, 4.69) is 0 Å². The van der Waals surface area contributed by atoms with Crippen molar-refractivity contribution >= 4 is 5.97 Å². The topological polar surface area (TPSA) is 81.8 Å². The molecule has 16 heavy (non-hydrogen) atoms. The van der Waals surface area contributed by atoms with Crippen LogP contribution < -0.4 is 15.2 Å². The highest BCUT2D eigenvalue weighted by Crippen LogP contribution is 2.34. The Morgan fingerprint density at radius 1 is 1.38 bits per heavy atom. The molecule has 0 heterocycles. The molecule has 0 aliphatic heterocycles. The zero-order chi connectivity index (χ0) is 12.3. The highest BCUT2D eigenvalue weighted by Gasteiger charge is 2.20. The molecule has 0 aliphatic carbocycles. The lowest BCUT2D eigenvalue weighted by molar-refractivity contribution is -0.138. The molecule has 1 unspecified atom stereocenters. The zero-order valence-corrected chi connectivity index (χ0v) is 9.48. The van der Waals surface area contributed by atoms with Crippen molar-refractivity contribution in [2.75, 3.05) is 14.2 Å². The summed E-state index contributed by atoms with van der Waals surface area (Å²) in [5.41, 5.74) is 6.75. The van der Waals surface area contributed by atoms with Crippen molar-refractivity contribution in [3.8, 4) is 11.5 Å². The first kappa shape index (κ1) is 12.3. The standard InChI is InChI=1S/C11H15NO4/c1-6-7(9(12)11(13)14)4-5-8(15-2)10(6)16-3/h4-5,9H,12H2,1-3H3,(H,13,14). The Labute approximate surface area is 93.8 Å². The summed E-state index contributed by atoms with van der Waals surface area (Å²) in [5.74, 6) is -0.00615. The molecule has 1 rings (SSSR count). The fourth-order valence-corrected chi connectivity index (χ4v) is 1.57. The summed E-state index contributed by atoms with van der Waals surface area (Å²) in [4.78, 5) is 10.8. The largest absolute Gasteiger partial charge is 0.493 e. The van der Waals surface area contributed by atoms with Crippen LogP contribution in [0, 0.1) is 6.92 Å². The first-order valence-corrected chi connectivity index (χ1v) is 4.72. The van der Waals surface area contributed by atoms with Crippen molar-refractivity contribution in [3.63, 3.8) is 0 Å². The fraction of sp³-hybridized carbons (Fsp3) is 0.364. The normalized spacial score (nSPS) is 12.0. The van der Waals surface area contributed by atoms with E-state index in [0.29, 0.717) is 22.6 Å². The average molecular weight is 225 g/mol. The van der Waals surface area contributed by atoms with Gasteiger partial charge in [0.1, 0.15) is 6.04 Å². The Bertz CT molecular complexity index is 403. The maximum atomic E-state index is 10.8. The van der Waals surface area contributed by atoms with E-state index in [-0.39, 0.29) is 0 Å². The van der Waals surface area contributed by atoms with Gasteiger partial charge in [-0.3, -0.25) is 4.79 Å². The molecule has 0 radical (unpaired) electrons. The summed E-state index contributed by atoms with van der Waals surface area (Å²) >= 11 is 0. The van der Waals surface area contributed by atoms with Crippen molar-refractivity contribution in [1.29, 1.82) is 0 Å². The third kappa shape index (κ3) is 2.09. The average Bonchev–Trinajstić information content (AvgIpc) is 2.27. The lowest BCUT2D eigenvalue weighted by atomic mass is 10.0. The minimum Gasteiger partial charge on any atom is -0.493 e. The van der Waals surface area contributed by atoms with Crippen LogP contribution in [0.5, 0.6) is 11.5 Å². The monoisotopic (exact) mass is 225 g/mol. The zero-order valence-electron chi connectivity index (χ0n) is 9.48. The van der Waals surface area contributed by atoms with Crippen LogP contribution in [0.1, 0.15) is 17.2 Å². The molecular formula is C11H15NO4.